The molecule has 2 aliphatic rings. The van der Waals surface area contributed by atoms with E-state index in [1.54, 1.807) is 0 Å². The average molecular weight is 291 g/mol. The van der Waals surface area contributed by atoms with Crippen LogP contribution in [0.5, 0.6) is 0 Å². The number of ketones is 1. The fourth-order valence-corrected chi connectivity index (χ4v) is 3.72. The molecular formula is C19H17NO2. The van der Waals surface area contributed by atoms with Gasteiger partial charge < -0.3 is 5.32 Å². The van der Waals surface area contributed by atoms with Gasteiger partial charge in [-0.3, -0.25) is 9.59 Å². The molecule has 0 radical (unpaired) electrons. The van der Waals surface area contributed by atoms with E-state index in [-0.39, 0.29) is 17.6 Å². The third-order valence-electron chi connectivity index (χ3n) is 4.68. The lowest BCUT2D eigenvalue weighted by atomic mass is 9.77. The number of Topliss-reactive ketones (excluding diaryl/α,β-unsaturated/α-hetero) is 1. The molecule has 1 aliphatic heterocycles. The molecule has 2 aromatic carbocycles. The van der Waals surface area contributed by atoms with Crippen LogP contribution in [0.25, 0.3) is 10.8 Å². The monoisotopic (exact) mass is 291 g/mol. The zero-order chi connectivity index (χ0) is 15.1. The number of allylic oxidation sites excluding steroid dienone is 2. The van der Waals surface area contributed by atoms with E-state index in [4.69, 9.17) is 0 Å². The van der Waals surface area contributed by atoms with Gasteiger partial charge in [0, 0.05) is 30.0 Å². The van der Waals surface area contributed by atoms with Crippen molar-refractivity contribution in [2.45, 2.75) is 31.6 Å². The molecule has 0 fully saturated rings. The van der Waals surface area contributed by atoms with Crippen molar-refractivity contribution >= 4 is 22.5 Å². The van der Waals surface area contributed by atoms with E-state index in [1.165, 1.54) is 0 Å². The zero-order valence-corrected chi connectivity index (χ0v) is 12.3. The topological polar surface area (TPSA) is 46.2 Å². The summed E-state index contributed by atoms with van der Waals surface area (Å²) in [6.07, 6.45) is 2.59. The summed E-state index contributed by atoms with van der Waals surface area (Å²) in [6.45, 7) is 0. The minimum Gasteiger partial charge on any atom is -0.329 e. The van der Waals surface area contributed by atoms with Crippen molar-refractivity contribution in [3.05, 3.63) is 59.3 Å². The van der Waals surface area contributed by atoms with Gasteiger partial charge in [0.25, 0.3) is 0 Å². The number of carbonyl (C=O) groups is 2. The molecule has 3 nitrogen and oxygen atoms in total. The highest BCUT2D eigenvalue weighted by Gasteiger charge is 2.35. The van der Waals surface area contributed by atoms with Crippen LogP contribution in [0.1, 0.15) is 37.2 Å². The number of benzene rings is 2. The lowest BCUT2D eigenvalue weighted by molar-refractivity contribution is -0.122. The average Bonchev–Trinajstić information content (AvgIpc) is 2.53. The predicted octanol–water partition coefficient (Wildman–Crippen LogP) is 3.45. The van der Waals surface area contributed by atoms with E-state index in [0.29, 0.717) is 12.8 Å². The van der Waals surface area contributed by atoms with Gasteiger partial charge in [-0.05, 0) is 29.2 Å². The van der Waals surface area contributed by atoms with Gasteiger partial charge in [0.05, 0.1) is 0 Å². The van der Waals surface area contributed by atoms with Crippen LogP contribution in [-0.4, -0.2) is 11.7 Å². The Balaban J connectivity index is 1.92. The fourth-order valence-electron chi connectivity index (χ4n) is 3.72. The number of carbonyl (C=O) groups excluding carboxylic acids is 2. The molecule has 0 aromatic heterocycles. The van der Waals surface area contributed by atoms with Crippen LogP contribution < -0.4 is 5.32 Å². The van der Waals surface area contributed by atoms with E-state index in [2.05, 4.69) is 29.6 Å². The van der Waals surface area contributed by atoms with Crippen molar-refractivity contribution in [1.29, 1.82) is 0 Å². The van der Waals surface area contributed by atoms with Crippen LogP contribution in [0.15, 0.2) is 53.7 Å². The number of amides is 1. The largest absolute Gasteiger partial charge is 0.329 e. The SMILES string of the molecule is O=C1CC(c2cccc3ccccc23)C2=C(CCCC2=O)N1. The standard InChI is InChI=1S/C19H17NO2/c21-17-10-4-9-16-19(17)15(11-18(22)20-16)14-8-3-6-12-5-1-2-7-13(12)14/h1-3,5-8,15H,4,9-11H2,(H,20,22). The highest BCUT2D eigenvalue weighted by atomic mass is 16.2. The lowest BCUT2D eigenvalue weighted by Gasteiger charge is -2.31. The minimum absolute atomic E-state index is 0.0198. The number of hydrogen-bond acceptors (Lipinski definition) is 2. The summed E-state index contributed by atoms with van der Waals surface area (Å²) in [4.78, 5) is 24.5. The Morgan fingerprint density at radius 3 is 2.68 bits per heavy atom. The molecule has 2 aromatic rings. The molecule has 1 atom stereocenters. The number of rotatable bonds is 1. The Morgan fingerprint density at radius 1 is 0.955 bits per heavy atom. The van der Waals surface area contributed by atoms with Crippen LogP contribution in [0.4, 0.5) is 0 Å². The molecule has 1 heterocycles. The van der Waals surface area contributed by atoms with Gasteiger partial charge in [-0.25, -0.2) is 0 Å². The number of nitrogens with one attached hydrogen (secondary N) is 1. The van der Waals surface area contributed by atoms with Crippen LogP contribution in [0.3, 0.4) is 0 Å². The van der Waals surface area contributed by atoms with Gasteiger partial charge in [0.15, 0.2) is 5.78 Å². The summed E-state index contributed by atoms with van der Waals surface area (Å²) < 4.78 is 0. The van der Waals surface area contributed by atoms with Crippen molar-refractivity contribution < 1.29 is 9.59 Å². The van der Waals surface area contributed by atoms with Crippen LogP contribution in [0.2, 0.25) is 0 Å². The number of hydrogen-bond donors (Lipinski definition) is 1. The van der Waals surface area contributed by atoms with Crippen molar-refractivity contribution in [3.8, 4) is 0 Å². The molecular weight excluding hydrogens is 274 g/mol. The maximum atomic E-state index is 12.4. The molecule has 1 unspecified atom stereocenters. The van der Waals surface area contributed by atoms with Gasteiger partial charge >= 0.3 is 0 Å². The third kappa shape index (κ3) is 2.05. The molecule has 1 aliphatic carbocycles. The highest BCUT2D eigenvalue weighted by molar-refractivity contribution is 6.02. The van der Waals surface area contributed by atoms with E-state index in [0.717, 1.165) is 40.4 Å². The second-order valence-electron chi connectivity index (χ2n) is 6.04. The predicted molar refractivity (Wildman–Crippen MR) is 85.3 cm³/mol. The Hall–Kier alpha value is -2.42. The molecule has 110 valence electrons. The third-order valence-corrected chi connectivity index (χ3v) is 4.68. The molecule has 0 spiro atoms. The van der Waals surface area contributed by atoms with E-state index < -0.39 is 0 Å². The van der Waals surface area contributed by atoms with E-state index >= 15 is 0 Å². The summed E-state index contributed by atoms with van der Waals surface area (Å²) in [5.41, 5.74) is 2.78. The maximum absolute atomic E-state index is 12.4. The number of fused-ring (bicyclic) bond motifs is 1. The second kappa shape index (κ2) is 5.09. The Kier molecular flexibility index (Phi) is 3.07. The van der Waals surface area contributed by atoms with Gasteiger partial charge in [-0.2, -0.15) is 0 Å². The van der Waals surface area contributed by atoms with Crippen molar-refractivity contribution in [1.82, 2.24) is 5.32 Å². The molecule has 0 bridgehead atoms. The molecule has 4 rings (SSSR count). The summed E-state index contributed by atoms with van der Waals surface area (Å²) in [5.74, 6) is 0.105. The first-order valence-corrected chi connectivity index (χ1v) is 7.78. The smallest absolute Gasteiger partial charge is 0.225 e. The Morgan fingerprint density at radius 2 is 1.77 bits per heavy atom. The van der Waals surface area contributed by atoms with Crippen molar-refractivity contribution in [2.24, 2.45) is 0 Å². The summed E-state index contributed by atoms with van der Waals surface area (Å²) in [5, 5.41) is 5.20. The van der Waals surface area contributed by atoms with Gasteiger partial charge in [-0.15, -0.1) is 0 Å². The van der Waals surface area contributed by atoms with Crippen molar-refractivity contribution in [2.75, 3.05) is 0 Å². The highest BCUT2D eigenvalue weighted by Crippen LogP contribution is 2.40. The molecule has 0 saturated carbocycles. The van der Waals surface area contributed by atoms with Crippen LogP contribution in [-0.2, 0) is 9.59 Å². The zero-order valence-electron chi connectivity index (χ0n) is 12.3. The lowest BCUT2D eigenvalue weighted by Crippen LogP contribution is -2.36. The second-order valence-corrected chi connectivity index (χ2v) is 6.04. The molecule has 0 saturated heterocycles. The van der Waals surface area contributed by atoms with Crippen LogP contribution in [0, 0.1) is 0 Å². The molecule has 1 amide bonds. The normalized spacial score (nSPS) is 21.7. The Labute approximate surface area is 129 Å². The maximum Gasteiger partial charge on any atom is 0.225 e. The van der Waals surface area contributed by atoms with Gasteiger partial charge in [-0.1, -0.05) is 42.5 Å². The summed E-state index contributed by atoms with van der Waals surface area (Å²) in [7, 11) is 0. The quantitative estimate of drug-likeness (QED) is 0.874. The minimum atomic E-state index is -0.109. The van der Waals surface area contributed by atoms with Gasteiger partial charge in [0.2, 0.25) is 5.91 Å². The van der Waals surface area contributed by atoms with Crippen molar-refractivity contribution in [3.63, 3.8) is 0 Å². The van der Waals surface area contributed by atoms with E-state index in [9.17, 15) is 9.59 Å². The summed E-state index contributed by atoms with van der Waals surface area (Å²) in [6, 6.07) is 14.3. The molecule has 3 heteroatoms. The summed E-state index contributed by atoms with van der Waals surface area (Å²) >= 11 is 0. The van der Waals surface area contributed by atoms with E-state index in [1.807, 2.05) is 18.2 Å². The first kappa shape index (κ1) is 13.3. The van der Waals surface area contributed by atoms with Crippen LogP contribution >= 0.6 is 0 Å². The van der Waals surface area contributed by atoms with Gasteiger partial charge in [0.1, 0.15) is 0 Å². The molecule has 1 N–H and O–H groups in total. The molecule has 22 heavy (non-hydrogen) atoms. The Bertz CT molecular complexity index is 814. The first-order valence-electron chi connectivity index (χ1n) is 7.78. The fraction of sp³-hybridized carbons (Fsp3) is 0.263. The first-order chi connectivity index (χ1) is 10.7.